The minimum Gasteiger partial charge on any atom is -0.335 e. The van der Waals surface area contributed by atoms with E-state index >= 15 is 0 Å². The molecule has 0 aromatic heterocycles. The van der Waals surface area contributed by atoms with E-state index in [1.165, 1.54) is 11.8 Å². The highest BCUT2D eigenvalue weighted by Crippen LogP contribution is 2.48. The summed E-state index contributed by atoms with van der Waals surface area (Å²) in [6, 6.07) is 6.19. The lowest BCUT2D eigenvalue weighted by molar-refractivity contribution is -0.149. The number of Topliss-reactive ketones (excluding diaryl/α,β-unsaturated/α-hetero) is 2. The van der Waals surface area contributed by atoms with Gasteiger partial charge in [-0.15, -0.1) is 11.8 Å². The monoisotopic (exact) mass is 354 g/mol. The van der Waals surface area contributed by atoms with Crippen molar-refractivity contribution in [2.45, 2.75) is 24.4 Å². The highest BCUT2D eigenvalue weighted by molar-refractivity contribution is 8.04. The van der Waals surface area contributed by atoms with Crippen LogP contribution >= 0.6 is 11.8 Å². The van der Waals surface area contributed by atoms with Crippen molar-refractivity contribution in [3.63, 3.8) is 0 Å². The summed E-state index contributed by atoms with van der Waals surface area (Å²) in [5.41, 5.74) is -0.578. The minimum absolute atomic E-state index is 0.157. The smallest absolute Gasteiger partial charge is 0.254 e. The van der Waals surface area contributed by atoms with Crippen LogP contribution in [-0.2, 0) is 9.59 Å². The quantitative estimate of drug-likeness (QED) is 0.749. The van der Waals surface area contributed by atoms with Gasteiger partial charge in [0.25, 0.3) is 5.91 Å². The molecule has 3 aliphatic heterocycles. The topological polar surface area (TPSA) is 83.6 Å². The first-order chi connectivity index (χ1) is 12.0. The molecule has 5 rings (SSSR count). The molecule has 0 saturated carbocycles. The fourth-order valence-electron chi connectivity index (χ4n) is 4.27. The van der Waals surface area contributed by atoms with Crippen LogP contribution in [0.3, 0.4) is 0 Å². The van der Waals surface area contributed by atoms with Crippen molar-refractivity contribution in [1.82, 2.24) is 10.2 Å². The van der Waals surface area contributed by atoms with Crippen LogP contribution in [0.5, 0.6) is 0 Å². The van der Waals surface area contributed by atoms with Crippen molar-refractivity contribution in [2.24, 2.45) is 0 Å². The average Bonchev–Trinajstić information content (AvgIpc) is 3.24. The molecule has 7 heteroatoms. The molecule has 2 amide bonds. The fraction of sp³-hybridized carbons (Fsp3) is 0.333. The van der Waals surface area contributed by atoms with Crippen molar-refractivity contribution in [2.75, 3.05) is 12.3 Å². The third-order valence-corrected chi connectivity index (χ3v) is 6.71. The van der Waals surface area contributed by atoms with Gasteiger partial charge in [0.05, 0.1) is 10.5 Å². The van der Waals surface area contributed by atoms with E-state index < -0.39 is 11.6 Å². The Bertz CT molecular complexity index is 921. The standard InChI is InChI=1S/C18H14N2O4S/c21-13-9-4-1-2-5-10(9)14(22)15-12(13)18(8-25-15)17(24)20-7-3-6-11(20)16(23)19-18/h1-2,4-5,11H,3,6-8H2,(H,19,23)/t11-,18+/m0/s1. The SMILES string of the molecule is O=C1C2=C(C(=O)c3ccccc31)[C@@]1(CS2)NC(=O)[C@@H]2CCCN2C1=O. The number of carbonyl (C=O) groups excluding carboxylic acids is 4. The Morgan fingerprint density at radius 2 is 1.80 bits per heavy atom. The predicted octanol–water partition coefficient (Wildman–Crippen LogP) is 0.926. The minimum atomic E-state index is -1.40. The summed E-state index contributed by atoms with van der Waals surface area (Å²) >= 11 is 1.19. The van der Waals surface area contributed by atoms with E-state index in [4.69, 9.17) is 0 Å². The number of hydrogen-bond acceptors (Lipinski definition) is 5. The van der Waals surface area contributed by atoms with Crippen LogP contribution in [-0.4, -0.2) is 52.2 Å². The Balaban J connectivity index is 1.68. The van der Waals surface area contributed by atoms with E-state index in [0.29, 0.717) is 29.0 Å². The van der Waals surface area contributed by atoms with Crippen LogP contribution in [0.2, 0.25) is 0 Å². The summed E-state index contributed by atoms with van der Waals surface area (Å²) in [7, 11) is 0. The maximum atomic E-state index is 13.2. The zero-order valence-electron chi connectivity index (χ0n) is 13.2. The van der Waals surface area contributed by atoms with Crippen molar-refractivity contribution in [3.05, 3.63) is 45.9 Å². The van der Waals surface area contributed by atoms with Gasteiger partial charge >= 0.3 is 0 Å². The number of fused-ring (bicyclic) bond motifs is 3. The van der Waals surface area contributed by atoms with Gasteiger partial charge in [-0.3, -0.25) is 19.2 Å². The van der Waals surface area contributed by atoms with Crippen molar-refractivity contribution < 1.29 is 19.2 Å². The second kappa shape index (κ2) is 4.82. The maximum Gasteiger partial charge on any atom is 0.254 e. The van der Waals surface area contributed by atoms with E-state index in [1.54, 1.807) is 29.2 Å². The molecule has 126 valence electrons. The summed E-state index contributed by atoms with van der Waals surface area (Å²) in [5, 5.41) is 2.81. The van der Waals surface area contributed by atoms with E-state index in [1.807, 2.05) is 0 Å². The third-order valence-electron chi connectivity index (χ3n) is 5.45. The number of hydrogen-bond donors (Lipinski definition) is 1. The highest BCUT2D eigenvalue weighted by atomic mass is 32.2. The Hall–Kier alpha value is -2.41. The van der Waals surface area contributed by atoms with Crippen LogP contribution in [0.25, 0.3) is 0 Å². The number of carbonyl (C=O) groups is 4. The molecular formula is C18H14N2O4S. The van der Waals surface area contributed by atoms with E-state index in [9.17, 15) is 19.2 Å². The Labute approximate surface area is 147 Å². The number of rotatable bonds is 0. The first kappa shape index (κ1) is 14.9. The number of thioether (sulfide) groups is 1. The van der Waals surface area contributed by atoms with E-state index in [-0.39, 0.29) is 34.7 Å². The maximum absolute atomic E-state index is 13.2. The van der Waals surface area contributed by atoms with E-state index in [0.717, 1.165) is 6.42 Å². The third kappa shape index (κ3) is 1.71. The average molecular weight is 354 g/mol. The molecule has 0 bridgehead atoms. The number of ketones is 2. The molecule has 4 aliphatic rings. The van der Waals surface area contributed by atoms with Crippen LogP contribution in [0.1, 0.15) is 33.6 Å². The summed E-state index contributed by atoms with van der Waals surface area (Å²) < 4.78 is 0. The molecule has 25 heavy (non-hydrogen) atoms. The predicted molar refractivity (Wildman–Crippen MR) is 90.2 cm³/mol. The molecular weight excluding hydrogens is 340 g/mol. The molecule has 6 nitrogen and oxygen atoms in total. The zero-order chi connectivity index (χ0) is 17.3. The van der Waals surface area contributed by atoms with Crippen LogP contribution < -0.4 is 5.32 Å². The second-order valence-corrected chi connectivity index (χ2v) is 7.73. The largest absolute Gasteiger partial charge is 0.335 e. The molecule has 2 fully saturated rings. The fourth-order valence-corrected chi connectivity index (χ4v) is 5.63. The van der Waals surface area contributed by atoms with Gasteiger partial charge in [0.15, 0.2) is 11.3 Å². The zero-order valence-corrected chi connectivity index (χ0v) is 14.0. The molecule has 2 atom stereocenters. The number of nitrogens with one attached hydrogen (secondary N) is 1. The van der Waals surface area contributed by atoms with Crippen molar-refractivity contribution in [1.29, 1.82) is 0 Å². The van der Waals surface area contributed by atoms with Gasteiger partial charge in [-0.2, -0.15) is 0 Å². The molecule has 1 N–H and O–H groups in total. The molecule has 1 aliphatic carbocycles. The molecule has 1 aromatic carbocycles. The summed E-state index contributed by atoms with van der Waals surface area (Å²) in [6.45, 7) is 0.519. The molecule has 0 radical (unpaired) electrons. The number of benzene rings is 1. The second-order valence-electron chi connectivity index (χ2n) is 6.75. The van der Waals surface area contributed by atoms with Gasteiger partial charge < -0.3 is 10.2 Å². The molecule has 3 heterocycles. The number of amides is 2. The van der Waals surface area contributed by atoms with Crippen molar-refractivity contribution in [3.8, 4) is 0 Å². The first-order valence-corrected chi connectivity index (χ1v) is 9.22. The summed E-state index contributed by atoms with van der Waals surface area (Å²) in [4.78, 5) is 53.6. The lowest BCUT2D eigenvalue weighted by atomic mass is 9.77. The van der Waals surface area contributed by atoms with Crippen LogP contribution in [0, 0.1) is 0 Å². The Morgan fingerprint density at radius 1 is 1.08 bits per heavy atom. The lowest BCUT2D eigenvalue weighted by Gasteiger charge is -2.42. The normalized spacial score (nSPS) is 30.6. The van der Waals surface area contributed by atoms with Gasteiger partial charge in [0.2, 0.25) is 11.7 Å². The van der Waals surface area contributed by atoms with Gasteiger partial charge in [0, 0.05) is 23.4 Å². The molecule has 1 spiro atoms. The summed E-state index contributed by atoms with van der Waals surface area (Å²) in [6.07, 6.45) is 1.41. The Kier molecular flexibility index (Phi) is 2.87. The van der Waals surface area contributed by atoms with E-state index in [2.05, 4.69) is 5.32 Å². The molecule has 2 saturated heterocycles. The summed E-state index contributed by atoms with van der Waals surface area (Å²) in [5.74, 6) is -0.867. The molecule has 0 unspecified atom stereocenters. The van der Waals surface area contributed by atoms with Crippen molar-refractivity contribution >= 4 is 35.1 Å². The van der Waals surface area contributed by atoms with Crippen LogP contribution in [0.15, 0.2) is 34.7 Å². The van der Waals surface area contributed by atoms with Gasteiger partial charge in [0.1, 0.15) is 6.04 Å². The first-order valence-electron chi connectivity index (χ1n) is 8.24. The van der Waals surface area contributed by atoms with Gasteiger partial charge in [-0.25, -0.2) is 0 Å². The lowest BCUT2D eigenvalue weighted by Crippen LogP contribution is -2.70. The number of allylic oxidation sites excluding steroid dienone is 1. The van der Waals surface area contributed by atoms with Gasteiger partial charge in [-0.1, -0.05) is 24.3 Å². The van der Waals surface area contributed by atoms with Gasteiger partial charge in [-0.05, 0) is 12.8 Å². The van der Waals surface area contributed by atoms with Crippen LogP contribution in [0.4, 0.5) is 0 Å². The molecule has 1 aromatic rings. The number of nitrogens with zero attached hydrogens (tertiary/aromatic N) is 1. The Morgan fingerprint density at radius 3 is 2.56 bits per heavy atom. The highest BCUT2D eigenvalue weighted by Gasteiger charge is 2.60. The number of piperazine rings is 1.